The maximum absolute atomic E-state index is 13.3. The van der Waals surface area contributed by atoms with E-state index in [4.69, 9.17) is 0 Å². The van der Waals surface area contributed by atoms with Crippen LogP contribution in [-0.4, -0.2) is 37.7 Å². The van der Waals surface area contributed by atoms with Crippen molar-refractivity contribution in [2.45, 2.75) is 103 Å². The highest BCUT2D eigenvalue weighted by Gasteiger charge is 2.29. The summed E-state index contributed by atoms with van der Waals surface area (Å²) in [6.07, 6.45) is 15.0. The highest BCUT2D eigenvalue weighted by Crippen LogP contribution is 2.28. The highest BCUT2D eigenvalue weighted by atomic mass is 16.5. The van der Waals surface area contributed by atoms with Gasteiger partial charge in [0.1, 0.15) is 0 Å². The van der Waals surface area contributed by atoms with Crippen LogP contribution in [0.2, 0.25) is 0 Å². The SMILES string of the molecule is COC(=O)CCCCCCCCC#Cc1ccc2c(c1)C(=O)c1ccc(C#CCCCCCCCCC(=O)OC)cc1C2=O. The van der Waals surface area contributed by atoms with Gasteiger partial charge in [-0.1, -0.05) is 75.0 Å². The van der Waals surface area contributed by atoms with Crippen molar-refractivity contribution in [1.82, 2.24) is 0 Å². The molecule has 0 aliphatic heterocycles. The number of esters is 2. The summed E-state index contributed by atoms with van der Waals surface area (Å²) in [5.74, 6) is 12.1. The van der Waals surface area contributed by atoms with Crippen LogP contribution in [0.4, 0.5) is 0 Å². The summed E-state index contributed by atoms with van der Waals surface area (Å²) in [4.78, 5) is 48.8. The lowest BCUT2D eigenvalue weighted by Gasteiger charge is -2.17. The third-order valence-corrected chi connectivity index (χ3v) is 7.80. The number of carbonyl (C=O) groups is 4. The fourth-order valence-corrected chi connectivity index (χ4v) is 5.22. The van der Waals surface area contributed by atoms with E-state index in [0.29, 0.717) is 35.1 Å². The predicted octanol–water partition coefficient (Wildman–Crippen LogP) is 7.75. The molecule has 0 atom stereocenters. The summed E-state index contributed by atoms with van der Waals surface area (Å²) in [7, 11) is 2.84. The molecule has 0 spiro atoms. The average molecular weight is 597 g/mol. The predicted molar refractivity (Wildman–Crippen MR) is 171 cm³/mol. The van der Waals surface area contributed by atoms with E-state index in [1.165, 1.54) is 14.2 Å². The van der Waals surface area contributed by atoms with Crippen molar-refractivity contribution < 1.29 is 28.7 Å². The first-order chi connectivity index (χ1) is 21.4. The number of carbonyl (C=O) groups excluding carboxylic acids is 4. The molecule has 0 radical (unpaired) electrons. The van der Waals surface area contributed by atoms with Gasteiger partial charge in [0, 0.05) is 59.1 Å². The van der Waals surface area contributed by atoms with Crippen molar-refractivity contribution in [2.75, 3.05) is 14.2 Å². The number of unbranched alkanes of at least 4 members (excludes halogenated alkanes) is 12. The smallest absolute Gasteiger partial charge is 0.305 e. The molecule has 1 aliphatic rings. The average Bonchev–Trinajstić information content (AvgIpc) is 3.04. The third-order valence-electron chi connectivity index (χ3n) is 7.80. The Hall–Kier alpha value is -4.16. The van der Waals surface area contributed by atoms with E-state index in [2.05, 4.69) is 33.2 Å². The number of rotatable bonds is 16. The van der Waals surface area contributed by atoms with E-state index in [1.54, 1.807) is 24.3 Å². The molecule has 0 saturated carbocycles. The zero-order valence-corrected chi connectivity index (χ0v) is 26.2. The number of hydrogen-bond acceptors (Lipinski definition) is 6. The number of ketones is 2. The molecule has 0 saturated heterocycles. The molecule has 0 N–H and O–H groups in total. The first-order valence-corrected chi connectivity index (χ1v) is 15.9. The van der Waals surface area contributed by atoms with Crippen LogP contribution in [0.5, 0.6) is 0 Å². The molecule has 0 bridgehead atoms. The number of fused-ring (bicyclic) bond motifs is 2. The number of hydrogen-bond donors (Lipinski definition) is 0. The van der Waals surface area contributed by atoms with Gasteiger partial charge in [0.15, 0.2) is 11.6 Å². The van der Waals surface area contributed by atoms with Gasteiger partial charge >= 0.3 is 11.9 Å². The van der Waals surface area contributed by atoms with Gasteiger partial charge in [-0.15, -0.1) is 0 Å². The molecule has 1 aliphatic carbocycles. The third kappa shape index (κ3) is 11.2. The Morgan fingerprint density at radius 3 is 1.27 bits per heavy atom. The molecule has 44 heavy (non-hydrogen) atoms. The van der Waals surface area contributed by atoms with Crippen LogP contribution in [0.25, 0.3) is 0 Å². The van der Waals surface area contributed by atoms with Gasteiger partial charge in [-0.05, 0) is 62.1 Å². The van der Waals surface area contributed by atoms with E-state index in [0.717, 1.165) is 101 Å². The summed E-state index contributed by atoms with van der Waals surface area (Å²) in [5, 5.41) is 0. The quantitative estimate of drug-likeness (QED) is 0.0955. The van der Waals surface area contributed by atoms with E-state index in [9.17, 15) is 19.2 Å². The lowest BCUT2D eigenvalue weighted by molar-refractivity contribution is -0.141. The van der Waals surface area contributed by atoms with E-state index < -0.39 is 0 Å². The highest BCUT2D eigenvalue weighted by molar-refractivity contribution is 6.28. The Balaban J connectivity index is 1.43. The fraction of sp³-hybridized carbons (Fsp3) is 0.474. The summed E-state index contributed by atoms with van der Waals surface area (Å²) in [5.41, 5.74) is 3.12. The molecule has 0 heterocycles. The van der Waals surface area contributed by atoms with Crippen LogP contribution < -0.4 is 0 Å². The number of benzene rings is 2. The Morgan fingerprint density at radius 2 is 0.886 bits per heavy atom. The van der Waals surface area contributed by atoms with Crippen molar-refractivity contribution in [2.24, 2.45) is 0 Å². The second kappa shape index (κ2) is 19.2. The van der Waals surface area contributed by atoms with Gasteiger partial charge in [0.05, 0.1) is 14.2 Å². The van der Waals surface area contributed by atoms with Crippen LogP contribution in [0.15, 0.2) is 36.4 Å². The van der Waals surface area contributed by atoms with Gasteiger partial charge in [-0.3, -0.25) is 19.2 Å². The van der Waals surface area contributed by atoms with E-state index >= 15 is 0 Å². The molecule has 2 aromatic carbocycles. The molecule has 6 heteroatoms. The van der Waals surface area contributed by atoms with Gasteiger partial charge in [0.25, 0.3) is 0 Å². The van der Waals surface area contributed by atoms with Crippen LogP contribution in [0.1, 0.15) is 146 Å². The van der Waals surface area contributed by atoms with Crippen LogP contribution in [0, 0.1) is 23.7 Å². The Labute approximate surface area is 262 Å². The summed E-state index contributed by atoms with van der Waals surface area (Å²) >= 11 is 0. The molecule has 0 aromatic heterocycles. The molecule has 0 amide bonds. The minimum Gasteiger partial charge on any atom is -0.469 e. The molecular formula is C38H44O6. The van der Waals surface area contributed by atoms with Crippen molar-refractivity contribution in [1.29, 1.82) is 0 Å². The second-order valence-electron chi connectivity index (χ2n) is 11.2. The Bertz CT molecular complexity index is 1320. The minimum absolute atomic E-state index is 0.145. The number of methoxy groups -OCH3 is 2. The van der Waals surface area contributed by atoms with Crippen LogP contribution in [0.3, 0.4) is 0 Å². The summed E-state index contributed by atoms with van der Waals surface area (Å²) in [6.45, 7) is 0. The minimum atomic E-state index is -0.156. The molecule has 232 valence electrons. The maximum Gasteiger partial charge on any atom is 0.305 e. The number of ether oxygens (including phenoxy) is 2. The molecule has 2 aromatic rings. The zero-order chi connectivity index (χ0) is 31.6. The van der Waals surface area contributed by atoms with E-state index in [-0.39, 0.29) is 23.5 Å². The normalized spacial score (nSPS) is 11.4. The molecule has 6 nitrogen and oxygen atoms in total. The van der Waals surface area contributed by atoms with Gasteiger partial charge in [0.2, 0.25) is 0 Å². The lowest BCUT2D eigenvalue weighted by Crippen LogP contribution is -2.21. The summed E-state index contributed by atoms with van der Waals surface area (Å²) in [6, 6.07) is 10.5. The van der Waals surface area contributed by atoms with Crippen molar-refractivity contribution in [3.8, 4) is 23.7 Å². The standard InChI is InChI=1S/C38H44O6/c1-43-35(39)21-17-13-9-5-3-7-11-15-19-29-23-25-31-33(27-29)37(41)32-26-24-30(28-34(32)38(31)42)20-16-12-8-4-6-10-14-18-22-36(40)44-2/h23-28H,3-14,17-18,21-22H2,1-2H3. The topological polar surface area (TPSA) is 86.7 Å². The van der Waals surface area contributed by atoms with Crippen molar-refractivity contribution in [3.05, 3.63) is 69.8 Å². The van der Waals surface area contributed by atoms with Gasteiger partial charge in [-0.25, -0.2) is 0 Å². The van der Waals surface area contributed by atoms with Crippen LogP contribution in [-0.2, 0) is 19.1 Å². The first-order valence-electron chi connectivity index (χ1n) is 15.9. The van der Waals surface area contributed by atoms with Gasteiger partial charge in [-0.2, -0.15) is 0 Å². The zero-order valence-electron chi connectivity index (χ0n) is 26.2. The first kappa shape index (κ1) is 34.3. The Kier molecular flexibility index (Phi) is 15.0. The van der Waals surface area contributed by atoms with E-state index in [1.807, 2.05) is 12.1 Å². The molecule has 0 unspecified atom stereocenters. The molecular weight excluding hydrogens is 552 g/mol. The van der Waals surface area contributed by atoms with Crippen LogP contribution >= 0.6 is 0 Å². The Morgan fingerprint density at radius 1 is 0.523 bits per heavy atom. The second-order valence-corrected chi connectivity index (χ2v) is 11.2. The lowest BCUT2D eigenvalue weighted by atomic mass is 9.82. The fourth-order valence-electron chi connectivity index (χ4n) is 5.22. The molecule has 0 fully saturated rings. The van der Waals surface area contributed by atoms with Crippen molar-refractivity contribution >= 4 is 23.5 Å². The largest absolute Gasteiger partial charge is 0.469 e. The monoisotopic (exact) mass is 596 g/mol. The van der Waals surface area contributed by atoms with Gasteiger partial charge < -0.3 is 9.47 Å². The van der Waals surface area contributed by atoms with Crippen molar-refractivity contribution in [3.63, 3.8) is 0 Å². The molecule has 3 rings (SSSR count). The maximum atomic E-state index is 13.3. The summed E-state index contributed by atoms with van der Waals surface area (Å²) < 4.78 is 9.31.